The van der Waals surface area contributed by atoms with Crippen molar-refractivity contribution in [3.8, 4) is 0 Å². The summed E-state index contributed by atoms with van der Waals surface area (Å²) < 4.78 is 0. The van der Waals surface area contributed by atoms with Crippen molar-refractivity contribution >= 4 is 15.9 Å². The smallest absolute Gasteiger partial charge is 0.0177 e. The number of alkyl halides is 1. The quantitative estimate of drug-likeness (QED) is 0.610. The molecule has 0 bridgehead atoms. The predicted octanol–water partition coefficient (Wildman–Crippen LogP) is 5.88. The lowest BCUT2D eigenvalue weighted by Crippen LogP contribution is -2.26. The highest BCUT2D eigenvalue weighted by Crippen LogP contribution is 2.40. The van der Waals surface area contributed by atoms with Gasteiger partial charge in [0.2, 0.25) is 0 Å². The fourth-order valence-corrected chi connectivity index (χ4v) is 4.25. The summed E-state index contributed by atoms with van der Waals surface area (Å²) >= 11 is 3.94. The van der Waals surface area contributed by atoms with Crippen LogP contribution in [-0.2, 0) is 6.42 Å². The molecule has 0 N–H and O–H groups in total. The maximum Gasteiger partial charge on any atom is 0.0177 e. The molecule has 2 aromatic carbocycles. The topological polar surface area (TPSA) is 0 Å². The minimum absolute atomic E-state index is 0.664. The third kappa shape index (κ3) is 3.58. The first-order valence-corrected chi connectivity index (χ1v) is 8.89. The lowest BCUT2D eigenvalue weighted by Gasteiger charge is -2.34. The Morgan fingerprint density at radius 2 is 1.67 bits per heavy atom. The van der Waals surface area contributed by atoms with E-state index in [9.17, 15) is 0 Å². The van der Waals surface area contributed by atoms with Crippen LogP contribution < -0.4 is 0 Å². The van der Waals surface area contributed by atoms with Gasteiger partial charge in [-0.1, -0.05) is 70.5 Å². The minimum atomic E-state index is 0.664. The monoisotopic (exact) mass is 342 g/mol. The number of rotatable bonds is 3. The molecule has 110 valence electrons. The molecule has 2 aromatic rings. The normalized spacial score (nSPS) is 25.7. The Balaban J connectivity index is 1.74. The molecular weight excluding hydrogens is 320 g/mol. The van der Waals surface area contributed by atoms with Crippen molar-refractivity contribution in [1.29, 1.82) is 0 Å². The van der Waals surface area contributed by atoms with E-state index in [-0.39, 0.29) is 0 Å². The van der Waals surface area contributed by atoms with Crippen molar-refractivity contribution in [2.75, 3.05) is 0 Å². The fraction of sp³-hybridized carbons (Fsp3) is 0.400. The molecule has 3 unspecified atom stereocenters. The molecule has 3 atom stereocenters. The average molecular weight is 343 g/mol. The van der Waals surface area contributed by atoms with E-state index < -0.39 is 0 Å². The summed E-state index contributed by atoms with van der Waals surface area (Å²) in [6.07, 6.45) is 5.10. The van der Waals surface area contributed by atoms with Gasteiger partial charge in [0.15, 0.2) is 0 Å². The molecule has 0 radical (unpaired) electrons. The largest absolute Gasteiger partial charge is 0.0888 e. The van der Waals surface area contributed by atoms with Gasteiger partial charge in [0.05, 0.1) is 0 Å². The van der Waals surface area contributed by atoms with Gasteiger partial charge in [-0.15, -0.1) is 0 Å². The molecule has 0 nitrogen and oxygen atoms in total. The zero-order valence-corrected chi connectivity index (χ0v) is 14.2. The molecule has 21 heavy (non-hydrogen) atoms. The van der Waals surface area contributed by atoms with Crippen molar-refractivity contribution in [2.45, 2.75) is 43.4 Å². The first-order valence-electron chi connectivity index (χ1n) is 7.97. The second kappa shape index (κ2) is 6.79. The van der Waals surface area contributed by atoms with Gasteiger partial charge < -0.3 is 0 Å². The van der Waals surface area contributed by atoms with Crippen LogP contribution in [0.5, 0.6) is 0 Å². The van der Waals surface area contributed by atoms with Gasteiger partial charge >= 0.3 is 0 Å². The third-order valence-electron chi connectivity index (χ3n) is 4.90. The van der Waals surface area contributed by atoms with E-state index in [1.165, 1.54) is 42.4 Å². The third-order valence-corrected chi connectivity index (χ3v) is 6.11. The Kier molecular flexibility index (Phi) is 4.80. The van der Waals surface area contributed by atoms with Crippen molar-refractivity contribution < 1.29 is 0 Å². The molecule has 3 rings (SSSR count). The molecule has 1 saturated carbocycles. The SMILES string of the molecule is Cc1ccccc1CC1CC(c2ccccc2)CCC1Br. The van der Waals surface area contributed by atoms with E-state index in [0.29, 0.717) is 4.83 Å². The van der Waals surface area contributed by atoms with E-state index in [2.05, 4.69) is 77.5 Å². The average Bonchev–Trinajstić information content (AvgIpc) is 2.52. The Hall–Kier alpha value is -1.08. The Labute approximate surface area is 136 Å². The van der Waals surface area contributed by atoms with Crippen molar-refractivity contribution in [3.63, 3.8) is 0 Å². The number of hydrogen-bond acceptors (Lipinski definition) is 0. The second-order valence-electron chi connectivity index (χ2n) is 6.33. The highest BCUT2D eigenvalue weighted by Gasteiger charge is 2.29. The predicted molar refractivity (Wildman–Crippen MR) is 94.1 cm³/mol. The number of hydrogen-bond donors (Lipinski definition) is 0. The number of halogens is 1. The van der Waals surface area contributed by atoms with E-state index in [4.69, 9.17) is 0 Å². The van der Waals surface area contributed by atoms with Crippen LogP contribution in [0.3, 0.4) is 0 Å². The molecule has 1 aliphatic carbocycles. The Morgan fingerprint density at radius 3 is 2.43 bits per heavy atom. The van der Waals surface area contributed by atoms with Gasteiger partial charge in [0, 0.05) is 4.83 Å². The van der Waals surface area contributed by atoms with Gasteiger partial charge in [0.1, 0.15) is 0 Å². The molecule has 0 aromatic heterocycles. The molecule has 0 spiro atoms. The van der Waals surface area contributed by atoms with Crippen LogP contribution in [-0.4, -0.2) is 4.83 Å². The van der Waals surface area contributed by atoms with Gasteiger partial charge in [0.25, 0.3) is 0 Å². The van der Waals surface area contributed by atoms with Crippen LogP contribution in [0.4, 0.5) is 0 Å². The zero-order valence-electron chi connectivity index (χ0n) is 12.6. The fourth-order valence-electron chi connectivity index (χ4n) is 3.59. The molecule has 1 heteroatoms. The van der Waals surface area contributed by atoms with Crippen molar-refractivity contribution in [3.05, 3.63) is 71.3 Å². The molecule has 0 amide bonds. The summed E-state index contributed by atoms with van der Waals surface area (Å²) in [5.74, 6) is 1.47. The number of benzene rings is 2. The highest BCUT2D eigenvalue weighted by atomic mass is 79.9. The molecule has 1 aliphatic rings. The molecule has 1 fully saturated rings. The summed E-state index contributed by atoms with van der Waals surface area (Å²) in [5, 5.41) is 0. The van der Waals surface area contributed by atoms with Crippen molar-refractivity contribution in [2.24, 2.45) is 5.92 Å². The van der Waals surface area contributed by atoms with Crippen LogP contribution in [0.25, 0.3) is 0 Å². The molecular formula is C20H23Br. The molecule has 0 aliphatic heterocycles. The maximum atomic E-state index is 3.94. The van der Waals surface area contributed by atoms with Gasteiger partial charge in [-0.3, -0.25) is 0 Å². The minimum Gasteiger partial charge on any atom is -0.0888 e. The first-order chi connectivity index (χ1) is 10.2. The first kappa shape index (κ1) is 14.8. The highest BCUT2D eigenvalue weighted by molar-refractivity contribution is 9.09. The van der Waals surface area contributed by atoms with Gasteiger partial charge in [-0.05, 0) is 61.1 Å². The maximum absolute atomic E-state index is 3.94. The molecule has 0 saturated heterocycles. The summed E-state index contributed by atoms with van der Waals surface area (Å²) in [4.78, 5) is 0.664. The van der Waals surface area contributed by atoms with Crippen LogP contribution in [0.1, 0.15) is 41.9 Å². The standard InChI is InChI=1S/C20H23Br/c1-15-7-5-6-10-17(15)13-19-14-18(11-12-20(19)21)16-8-3-2-4-9-16/h2-10,18-20H,11-14H2,1H3. The van der Waals surface area contributed by atoms with E-state index >= 15 is 0 Å². The number of aryl methyl sites for hydroxylation is 1. The van der Waals surface area contributed by atoms with Gasteiger partial charge in [-0.2, -0.15) is 0 Å². The summed E-state index contributed by atoms with van der Waals surface area (Å²) in [7, 11) is 0. The van der Waals surface area contributed by atoms with Gasteiger partial charge in [-0.25, -0.2) is 0 Å². The van der Waals surface area contributed by atoms with Crippen LogP contribution >= 0.6 is 15.9 Å². The van der Waals surface area contributed by atoms with Crippen LogP contribution in [0.2, 0.25) is 0 Å². The summed E-state index contributed by atoms with van der Waals surface area (Å²) in [6, 6.07) is 19.9. The van der Waals surface area contributed by atoms with Crippen molar-refractivity contribution in [1.82, 2.24) is 0 Å². The van der Waals surface area contributed by atoms with Crippen LogP contribution in [0.15, 0.2) is 54.6 Å². The van der Waals surface area contributed by atoms with E-state index in [1.807, 2.05) is 0 Å². The lowest BCUT2D eigenvalue weighted by molar-refractivity contribution is 0.334. The lowest BCUT2D eigenvalue weighted by atomic mass is 9.75. The van der Waals surface area contributed by atoms with Crippen LogP contribution in [0, 0.1) is 12.8 Å². The summed E-state index contributed by atoms with van der Waals surface area (Å²) in [5.41, 5.74) is 4.46. The molecule has 0 heterocycles. The second-order valence-corrected chi connectivity index (χ2v) is 7.50. The zero-order chi connectivity index (χ0) is 14.7. The van der Waals surface area contributed by atoms with E-state index in [1.54, 1.807) is 0 Å². The summed E-state index contributed by atoms with van der Waals surface area (Å²) in [6.45, 7) is 2.23. The van der Waals surface area contributed by atoms with E-state index in [0.717, 1.165) is 11.8 Å². The Bertz CT molecular complexity index is 575. The Morgan fingerprint density at radius 1 is 0.952 bits per heavy atom.